The third-order valence-corrected chi connectivity index (χ3v) is 10.9. The molecule has 0 bridgehead atoms. The van der Waals surface area contributed by atoms with E-state index in [4.69, 9.17) is 15.0 Å². The van der Waals surface area contributed by atoms with Crippen molar-refractivity contribution in [2.24, 2.45) is 0 Å². The lowest BCUT2D eigenvalue weighted by Crippen LogP contribution is -2.49. The Morgan fingerprint density at radius 3 is 1.86 bits per heavy atom. The molecule has 0 saturated heterocycles. The average molecular weight is 481 g/mol. The predicted octanol–water partition coefficient (Wildman–Crippen LogP) is 5.95. The zero-order valence-corrected chi connectivity index (χ0v) is 21.2. The lowest BCUT2D eigenvalue weighted by Gasteiger charge is -2.18. The summed E-state index contributed by atoms with van der Waals surface area (Å²) >= 11 is 0. The fourth-order valence-electron chi connectivity index (χ4n) is 5.50. The maximum absolute atomic E-state index is 4.94. The minimum Gasteiger partial charge on any atom is -0.285 e. The second-order valence-corrected chi connectivity index (χ2v) is 14.1. The van der Waals surface area contributed by atoms with Crippen molar-refractivity contribution in [2.45, 2.75) is 13.1 Å². The highest BCUT2D eigenvalue weighted by atomic mass is 28.3. The maximum Gasteiger partial charge on any atom is 0.238 e. The van der Waals surface area contributed by atoms with E-state index in [2.05, 4.69) is 66.3 Å². The normalized spacial score (nSPS) is 13.5. The number of fused-ring (bicyclic) bond motifs is 5. The van der Waals surface area contributed by atoms with Crippen LogP contribution >= 0.6 is 0 Å². The summed E-state index contributed by atoms with van der Waals surface area (Å²) in [4.78, 5) is 14.7. The van der Waals surface area contributed by atoms with E-state index in [-0.39, 0.29) is 0 Å². The van der Waals surface area contributed by atoms with Crippen molar-refractivity contribution < 1.29 is 0 Å². The Morgan fingerprint density at radius 2 is 1.19 bits per heavy atom. The van der Waals surface area contributed by atoms with E-state index >= 15 is 0 Å². The molecule has 0 unspecified atom stereocenters. The Morgan fingerprint density at radius 1 is 0.583 bits per heavy atom. The fraction of sp³-hybridized carbons (Fsp3) is 0.0645. The van der Waals surface area contributed by atoms with Crippen molar-refractivity contribution in [3.8, 4) is 39.9 Å². The lowest BCUT2D eigenvalue weighted by atomic mass is 10.0. The highest BCUT2D eigenvalue weighted by Gasteiger charge is 2.38. The van der Waals surface area contributed by atoms with Gasteiger partial charge in [0.25, 0.3) is 0 Å². The standard InChI is InChI=1S/C31H24N4Si/c1-36(2)26-16-10-9-15-24(26)28-23-19-20-35(25(23)17-18-27(28)36)31-33-29(21-11-5-3-6-12-21)32-30(34-31)22-13-7-4-8-14-22/h3-20H,1-2H3. The molecule has 4 aromatic carbocycles. The van der Waals surface area contributed by atoms with Gasteiger partial charge in [0.2, 0.25) is 5.95 Å². The molecule has 172 valence electrons. The van der Waals surface area contributed by atoms with Gasteiger partial charge in [0, 0.05) is 22.7 Å². The van der Waals surface area contributed by atoms with Crippen LogP contribution in [0.25, 0.3) is 50.8 Å². The monoisotopic (exact) mass is 480 g/mol. The molecule has 1 aliphatic heterocycles. The van der Waals surface area contributed by atoms with Gasteiger partial charge >= 0.3 is 0 Å². The van der Waals surface area contributed by atoms with Crippen LogP contribution in [0.5, 0.6) is 0 Å². The van der Waals surface area contributed by atoms with Gasteiger partial charge < -0.3 is 0 Å². The smallest absolute Gasteiger partial charge is 0.238 e. The first-order chi connectivity index (χ1) is 17.6. The Bertz CT molecular complexity index is 1700. The van der Waals surface area contributed by atoms with E-state index in [1.54, 1.807) is 0 Å². The molecule has 7 rings (SSSR count). The van der Waals surface area contributed by atoms with Gasteiger partial charge in [0.05, 0.1) is 5.52 Å². The maximum atomic E-state index is 4.94. The van der Waals surface area contributed by atoms with Gasteiger partial charge in [0.1, 0.15) is 8.07 Å². The van der Waals surface area contributed by atoms with Crippen LogP contribution in [0.1, 0.15) is 0 Å². The molecule has 0 spiro atoms. The molecule has 36 heavy (non-hydrogen) atoms. The first kappa shape index (κ1) is 21.0. The van der Waals surface area contributed by atoms with Crippen molar-refractivity contribution in [2.75, 3.05) is 0 Å². The quantitative estimate of drug-likeness (QED) is 0.294. The zero-order chi connectivity index (χ0) is 24.3. The zero-order valence-electron chi connectivity index (χ0n) is 20.2. The Labute approximate surface area is 211 Å². The average Bonchev–Trinajstić information content (AvgIpc) is 3.46. The predicted molar refractivity (Wildman–Crippen MR) is 150 cm³/mol. The molecular weight excluding hydrogens is 456 g/mol. The summed E-state index contributed by atoms with van der Waals surface area (Å²) in [6, 6.07) is 35.9. The summed E-state index contributed by atoms with van der Waals surface area (Å²) in [5.74, 6) is 1.96. The third kappa shape index (κ3) is 3.10. The summed E-state index contributed by atoms with van der Waals surface area (Å²) in [5, 5.41) is 4.26. The van der Waals surface area contributed by atoms with Crippen molar-refractivity contribution >= 4 is 29.4 Å². The minimum atomic E-state index is -1.73. The molecule has 0 N–H and O–H groups in total. The van der Waals surface area contributed by atoms with Crippen LogP contribution in [0.3, 0.4) is 0 Å². The summed E-state index contributed by atoms with van der Waals surface area (Å²) in [6.45, 7) is 4.90. The van der Waals surface area contributed by atoms with Crippen molar-refractivity contribution in [3.05, 3.63) is 109 Å². The number of rotatable bonds is 3. The minimum absolute atomic E-state index is 0.625. The molecule has 0 aliphatic carbocycles. The van der Waals surface area contributed by atoms with E-state index < -0.39 is 8.07 Å². The molecule has 5 heteroatoms. The molecule has 4 nitrogen and oxygen atoms in total. The number of hydrogen-bond donors (Lipinski definition) is 0. The molecule has 2 aromatic heterocycles. The number of aromatic nitrogens is 4. The van der Waals surface area contributed by atoms with E-state index in [0.29, 0.717) is 17.6 Å². The van der Waals surface area contributed by atoms with E-state index in [1.807, 2.05) is 60.7 Å². The number of nitrogens with zero attached hydrogens (tertiary/aromatic N) is 4. The summed E-state index contributed by atoms with van der Waals surface area (Å²) in [5.41, 5.74) is 5.80. The van der Waals surface area contributed by atoms with E-state index in [9.17, 15) is 0 Å². The highest BCUT2D eigenvalue weighted by molar-refractivity contribution is 7.04. The molecule has 6 aromatic rings. The molecule has 0 amide bonds. The molecule has 1 aliphatic rings. The van der Waals surface area contributed by atoms with Crippen LogP contribution in [0.2, 0.25) is 13.1 Å². The third-order valence-electron chi connectivity index (χ3n) is 7.32. The topological polar surface area (TPSA) is 43.6 Å². The van der Waals surface area contributed by atoms with Crippen molar-refractivity contribution in [1.82, 2.24) is 19.5 Å². The van der Waals surface area contributed by atoms with Crippen LogP contribution in [-0.4, -0.2) is 27.6 Å². The lowest BCUT2D eigenvalue weighted by molar-refractivity contribution is 0.933. The Balaban J connectivity index is 1.47. The van der Waals surface area contributed by atoms with Gasteiger partial charge in [-0.2, -0.15) is 9.97 Å². The van der Waals surface area contributed by atoms with Gasteiger partial charge in [-0.1, -0.05) is 104 Å². The van der Waals surface area contributed by atoms with Crippen LogP contribution < -0.4 is 10.4 Å². The van der Waals surface area contributed by atoms with Crippen LogP contribution in [0.15, 0.2) is 109 Å². The summed E-state index contributed by atoms with van der Waals surface area (Å²) in [6.07, 6.45) is 2.10. The van der Waals surface area contributed by atoms with Gasteiger partial charge in [-0.25, -0.2) is 4.98 Å². The van der Waals surface area contributed by atoms with Gasteiger partial charge in [0.15, 0.2) is 11.6 Å². The van der Waals surface area contributed by atoms with E-state index in [1.165, 1.54) is 26.9 Å². The Hall–Kier alpha value is -4.35. The van der Waals surface area contributed by atoms with Crippen LogP contribution in [-0.2, 0) is 0 Å². The van der Waals surface area contributed by atoms with E-state index in [0.717, 1.165) is 16.6 Å². The van der Waals surface area contributed by atoms with Crippen LogP contribution in [0.4, 0.5) is 0 Å². The largest absolute Gasteiger partial charge is 0.285 e. The summed E-state index contributed by atoms with van der Waals surface area (Å²) < 4.78 is 2.10. The molecule has 0 atom stereocenters. The molecule has 0 radical (unpaired) electrons. The Kier molecular flexibility index (Phi) is 4.56. The molecular formula is C31H24N4Si. The van der Waals surface area contributed by atoms with Gasteiger partial charge in [-0.15, -0.1) is 0 Å². The molecule has 3 heterocycles. The summed E-state index contributed by atoms with van der Waals surface area (Å²) in [7, 11) is -1.73. The first-order valence-electron chi connectivity index (χ1n) is 12.2. The van der Waals surface area contributed by atoms with Crippen molar-refractivity contribution in [1.29, 1.82) is 0 Å². The number of hydrogen-bond acceptors (Lipinski definition) is 3. The second kappa shape index (κ2) is 7.83. The van der Waals surface area contributed by atoms with Crippen molar-refractivity contribution in [3.63, 3.8) is 0 Å². The highest BCUT2D eigenvalue weighted by Crippen LogP contribution is 2.35. The number of benzene rings is 4. The van der Waals surface area contributed by atoms with Gasteiger partial charge in [-0.05, 0) is 33.6 Å². The molecule has 0 fully saturated rings. The molecule has 0 saturated carbocycles. The second-order valence-electron chi connectivity index (χ2n) is 9.79. The van der Waals surface area contributed by atoms with Crippen LogP contribution in [0, 0.1) is 0 Å². The van der Waals surface area contributed by atoms with Gasteiger partial charge in [-0.3, -0.25) is 4.57 Å². The fourth-order valence-corrected chi connectivity index (χ4v) is 8.58. The SMILES string of the molecule is C[Si]1(C)c2ccccc2-c2c1ccc1c2ccn1-c1nc(-c2ccccc2)nc(-c2ccccc2)n1. The first-order valence-corrected chi connectivity index (χ1v) is 15.2.